The number of rotatable bonds is 2. The lowest BCUT2D eigenvalue weighted by atomic mass is 10.1. The molecule has 0 aliphatic carbocycles. The first kappa shape index (κ1) is 13.1. The van der Waals surface area contributed by atoms with Crippen LogP contribution in [0.25, 0.3) is 0 Å². The molecule has 4 nitrogen and oxygen atoms in total. The molecule has 0 spiro atoms. The van der Waals surface area contributed by atoms with Gasteiger partial charge in [-0.15, -0.1) is 0 Å². The Morgan fingerprint density at radius 1 is 1.39 bits per heavy atom. The number of thiocarbonyl (C=S) groups is 1. The minimum absolute atomic E-state index is 0.0165. The van der Waals surface area contributed by atoms with Crippen molar-refractivity contribution in [3.63, 3.8) is 0 Å². The average molecular weight is 266 g/mol. The number of likely N-dealkylation sites (tertiary alicyclic amines) is 1. The molecule has 1 saturated heterocycles. The van der Waals surface area contributed by atoms with Gasteiger partial charge in [-0.3, -0.25) is 4.79 Å². The maximum atomic E-state index is 12.6. The lowest BCUT2D eigenvalue weighted by molar-refractivity contribution is 0.0768. The Labute approximate surface area is 112 Å². The highest BCUT2D eigenvalue weighted by Gasteiger charge is 2.33. The van der Waals surface area contributed by atoms with Gasteiger partial charge in [0.2, 0.25) is 0 Å². The van der Waals surface area contributed by atoms with Crippen LogP contribution >= 0.6 is 12.2 Å². The highest BCUT2D eigenvalue weighted by atomic mass is 32.1. The number of nitrogens with two attached hydrogens (primary N) is 1. The maximum absolute atomic E-state index is 12.6. The smallest absolute Gasteiger partial charge is 0.258 e. The number of furan rings is 1. The number of carbonyl (C=O) groups is 1. The van der Waals surface area contributed by atoms with E-state index in [1.165, 1.54) is 0 Å². The van der Waals surface area contributed by atoms with Gasteiger partial charge in [0.05, 0.1) is 16.6 Å². The molecular weight excluding hydrogens is 248 g/mol. The Hall–Kier alpha value is -1.36. The van der Waals surface area contributed by atoms with Gasteiger partial charge in [-0.25, -0.2) is 0 Å². The normalized spacial score (nSPS) is 19.3. The summed E-state index contributed by atoms with van der Waals surface area (Å²) in [5.41, 5.74) is 7.27. The maximum Gasteiger partial charge on any atom is 0.258 e. The van der Waals surface area contributed by atoms with Crippen molar-refractivity contribution >= 4 is 23.1 Å². The van der Waals surface area contributed by atoms with Crippen LogP contribution in [0.1, 0.15) is 40.3 Å². The van der Waals surface area contributed by atoms with Crippen LogP contribution in [0.3, 0.4) is 0 Å². The molecule has 98 valence electrons. The van der Waals surface area contributed by atoms with E-state index in [1.54, 1.807) is 4.90 Å². The zero-order valence-corrected chi connectivity index (χ0v) is 11.8. The van der Waals surface area contributed by atoms with Gasteiger partial charge in [-0.05, 0) is 33.6 Å². The number of carbonyl (C=O) groups excluding carboxylic acids is 1. The van der Waals surface area contributed by atoms with Gasteiger partial charge in [-0.1, -0.05) is 12.2 Å². The molecule has 1 aromatic heterocycles. The van der Waals surface area contributed by atoms with Crippen molar-refractivity contribution in [1.29, 1.82) is 0 Å². The largest absolute Gasteiger partial charge is 0.466 e. The van der Waals surface area contributed by atoms with E-state index in [4.69, 9.17) is 22.4 Å². The molecule has 1 atom stereocenters. The summed E-state index contributed by atoms with van der Waals surface area (Å²) < 4.78 is 5.51. The summed E-state index contributed by atoms with van der Waals surface area (Å²) in [6, 6.07) is -0.110. The first-order valence-corrected chi connectivity index (χ1v) is 6.51. The topological polar surface area (TPSA) is 59.5 Å². The fourth-order valence-corrected chi connectivity index (χ4v) is 2.80. The third-order valence-electron chi connectivity index (χ3n) is 3.62. The Morgan fingerprint density at radius 2 is 2.06 bits per heavy atom. The highest BCUT2D eigenvalue weighted by Crippen LogP contribution is 2.26. The van der Waals surface area contributed by atoms with Gasteiger partial charge < -0.3 is 15.1 Å². The van der Waals surface area contributed by atoms with Gasteiger partial charge in [-0.2, -0.15) is 0 Å². The monoisotopic (exact) mass is 266 g/mol. The molecule has 0 saturated carbocycles. The first-order chi connectivity index (χ1) is 8.43. The average Bonchev–Trinajstić information content (AvgIpc) is 2.85. The molecule has 0 radical (unpaired) electrons. The molecule has 5 heteroatoms. The Balaban J connectivity index is 2.34. The number of hydrogen-bond acceptors (Lipinski definition) is 3. The summed E-state index contributed by atoms with van der Waals surface area (Å²) in [5, 5.41) is 0. The Bertz CT molecular complexity index is 507. The van der Waals surface area contributed by atoms with Gasteiger partial charge in [0.25, 0.3) is 5.91 Å². The van der Waals surface area contributed by atoms with Crippen LogP contribution in [0.15, 0.2) is 4.42 Å². The van der Waals surface area contributed by atoms with Crippen LogP contribution in [0.2, 0.25) is 0 Å². The molecule has 0 aromatic carbocycles. The molecule has 2 N–H and O–H groups in total. The quantitative estimate of drug-likeness (QED) is 0.833. The molecule has 1 fully saturated rings. The van der Waals surface area contributed by atoms with Gasteiger partial charge in [0.15, 0.2) is 0 Å². The zero-order chi connectivity index (χ0) is 13.4. The van der Waals surface area contributed by atoms with Crippen molar-refractivity contribution in [3.05, 3.63) is 22.6 Å². The lowest BCUT2D eigenvalue weighted by Crippen LogP contribution is -2.43. The molecule has 0 bridgehead atoms. The third-order valence-corrected chi connectivity index (χ3v) is 3.89. The third kappa shape index (κ3) is 2.03. The van der Waals surface area contributed by atoms with E-state index in [-0.39, 0.29) is 11.9 Å². The van der Waals surface area contributed by atoms with Gasteiger partial charge >= 0.3 is 0 Å². The van der Waals surface area contributed by atoms with Crippen LogP contribution in [0.4, 0.5) is 0 Å². The molecule has 2 heterocycles. The van der Waals surface area contributed by atoms with Crippen molar-refractivity contribution in [1.82, 2.24) is 4.90 Å². The fraction of sp³-hybridized carbons (Fsp3) is 0.538. The molecule has 1 aromatic rings. The summed E-state index contributed by atoms with van der Waals surface area (Å²) in [7, 11) is 0. The molecule has 1 aliphatic rings. The number of hydrogen-bond donors (Lipinski definition) is 1. The molecule has 1 aliphatic heterocycles. The van der Waals surface area contributed by atoms with Crippen LogP contribution in [-0.4, -0.2) is 28.4 Å². The van der Waals surface area contributed by atoms with Crippen LogP contribution < -0.4 is 5.73 Å². The van der Waals surface area contributed by atoms with Crippen molar-refractivity contribution < 1.29 is 9.21 Å². The number of amides is 1. The second-order valence-corrected chi connectivity index (χ2v) is 5.24. The number of nitrogens with zero attached hydrogens (tertiary/aromatic N) is 1. The lowest BCUT2D eigenvalue weighted by Gasteiger charge is -2.23. The van der Waals surface area contributed by atoms with Gasteiger partial charge in [0, 0.05) is 12.1 Å². The van der Waals surface area contributed by atoms with Crippen LogP contribution in [-0.2, 0) is 0 Å². The number of aryl methyl sites for hydroxylation is 2. The molecule has 18 heavy (non-hydrogen) atoms. The van der Waals surface area contributed by atoms with E-state index < -0.39 is 0 Å². The predicted molar refractivity (Wildman–Crippen MR) is 73.8 cm³/mol. The standard InChI is InChI=1S/C13H18N2O2S/c1-7-8(2)17-9(3)11(7)13(16)15-6-4-5-10(15)12(14)18/h10H,4-6H2,1-3H3,(H2,14,18). The first-order valence-electron chi connectivity index (χ1n) is 6.10. The Kier molecular flexibility index (Phi) is 3.43. The second-order valence-electron chi connectivity index (χ2n) is 4.77. The van der Waals surface area contributed by atoms with E-state index in [1.807, 2.05) is 20.8 Å². The molecule has 2 rings (SSSR count). The second kappa shape index (κ2) is 4.72. The van der Waals surface area contributed by atoms with Crippen molar-refractivity contribution in [2.24, 2.45) is 5.73 Å². The van der Waals surface area contributed by atoms with E-state index in [9.17, 15) is 4.79 Å². The van der Waals surface area contributed by atoms with E-state index >= 15 is 0 Å². The SMILES string of the molecule is Cc1oc(C)c(C(=O)N2CCCC2C(N)=S)c1C. The van der Waals surface area contributed by atoms with Crippen LogP contribution in [0.5, 0.6) is 0 Å². The van der Waals surface area contributed by atoms with E-state index in [2.05, 4.69) is 0 Å². The van der Waals surface area contributed by atoms with Crippen molar-refractivity contribution in [2.45, 2.75) is 39.7 Å². The summed E-state index contributed by atoms with van der Waals surface area (Å²) in [4.78, 5) is 14.7. The van der Waals surface area contributed by atoms with Crippen LogP contribution in [0, 0.1) is 20.8 Å². The fourth-order valence-electron chi connectivity index (χ4n) is 2.56. The summed E-state index contributed by atoms with van der Waals surface area (Å²) in [6.07, 6.45) is 1.80. The van der Waals surface area contributed by atoms with Gasteiger partial charge in [0.1, 0.15) is 11.5 Å². The Morgan fingerprint density at radius 3 is 2.56 bits per heavy atom. The summed E-state index contributed by atoms with van der Waals surface area (Å²) >= 11 is 5.03. The minimum Gasteiger partial charge on any atom is -0.466 e. The van der Waals surface area contributed by atoms with E-state index in [0.717, 1.165) is 24.2 Å². The van der Waals surface area contributed by atoms with Crippen molar-refractivity contribution in [3.8, 4) is 0 Å². The zero-order valence-electron chi connectivity index (χ0n) is 10.9. The molecular formula is C13H18N2O2S. The minimum atomic E-state index is -0.110. The highest BCUT2D eigenvalue weighted by molar-refractivity contribution is 7.80. The summed E-state index contributed by atoms with van der Waals surface area (Å²) in [5.74, 6) is 1.45. The molecule has 1 unspecified atom stereocenters. The molecule has 1 amide bonds. The predicted octanol–water partition coefficient (Wildman–Crippen LogP) is 2.10. The van der Waals surface area contributed by atoms with Crippen molar-refractivity contribution in [2.75, 3.05) is 6.54 Å². The van der Waals surface area contributed by atoms with E-state index in [0.29, 0.717) is 22.9 Å². The summed E-state index contributed by atoms with van der Waals surface area (Å²) in [6.45, 7) is 6.31.